The predicted molar refractivity (Wildman–Crippen MR) is 103 cm³/mol. The van der Waals surface area contributed by atoms with Crippen molar-refractivity contribution in [2.24, 2.45) is 0 Å². The third-order valence-electron chi connectivity index (χ3n) is 4.21. The van der Waals surface area contributed by atoms with Crippen molar-refractivity contribution in [2.75, 3.05) is 23.7 Å². The van der Waals surface area contributed by atoms with Crippen molar-refractivity contribution in [3.05, 3.63) is 77.9 Å². The maximum atomic E-state index is 14.7. The first kappa shape index (κ1) is 20.7. The summed E-state index contributed by atoms with van der Waals surface area (Å²) in [5.41, 5.74) is -1.22. The van der Waals surface area contributed by atoms with Gasteiger partial charge in [-0.1, -0.05) is 30.3 Å². The Morgan fingerprint density at radius 3 is 2.03 bits per heavy atom. The second-order valence-electron chi connectivity index (χ2n) is 6.37. The Labute approximate surface area is 165 Å². The summed E-state index contributed by atoms with van der Waals surface area (Å²) >= 11 is 0. The number of hydrogen-bond acceptors (Lipinski definition) is 3. The van der Waals surface area contributed by atoms with Crippen molar-refractivity contribution >= 4 is 21.4 Å². The topological polar surface area (TPSA) is 49.4 Å². The quantitative estimate of drug-likeness (QED) is 0.365. The summed E-state index contributed by atoms with van der Waals surface area (Å²) in [6.07, 6.45) is 0. The summed E-state index contributed by atoms with van der Waals surface area (Å²) in [6.45, 7) is 0. The molecule has 0 unspecified atom stereocenters. The highest BCUT2D eigenvalue weighted by Gasteiger charge is 2.29. The van der Waals surface area contributed by atoms with E-state index in [4.69, 9.17) is 0 Å². The number of hydrogen-bond donors (Lipinski definition) is 1. The number of nitrogens with zero attached hydrogens (tertiary/aromatic N) is 1. The van der Waals surface area contributed by atoms with Gasteiger partial charge in [0.1, 0.15) is 0 Å². The minimum Gasteiger partial charge on any atom is -0.378 e. The second kappa shape index (κ2) is 7.75. The molecular weight excluding hydrogens is 408 g/mol. The minimum atomic E-state index is -4.40. The molecule has 1 N–H and O–H groups in total. The van der Waals surface area contributed by atoms with Crippen LogP contribution in [0.3, 0.4) is 0 Å². The lowest BCUT2D eigenvalue weighted by Gasteiger charge is -2.18. The van der Waals surface area contributed by atoms with Crippen LogP contribution < -0.4 is 9.62 Å². The summed E-state index contributed by atoms with van der Waals surface area (Å²) in [5.74, 6) is -7.68. The standard InChI is InChI=1S/C20H16F4N2O2S/c1-26(2)13-8-6-7-12(11-13)15-16(21)17(22)18(23)19(24)20(15)25-29(27,28)14-9-4-3-5-10-14/h3-11,25H,1-2H3. The van der Waals surface area contributed by atoms with Gasteiger partial charge < -0.3 is 4.90 Å². The first-order valence-electron chi connectivity index (χ1n) is 8.35. The van der Waals surface area contributed by atoms with E-state index in [2.05, 4.69) is 0 Å². The Morgan fingerprint density at radius 1 is 0.793 bits per heavy atom. The van der Waals surface area contributed by atoms with E-state index in [0.29, 0.717) is 5.69 Å². The zero-order valence-corrected chi connectivity index (χ0v) is 16.2. The van der Waals surface area contributed by atoms with Gasteiger partial charge in [-0.2, -0.15) is 0 Å². The lowest BCUT2D eigenvalue weighted by atomic mass is 10.0. The van der Waals surface area contributed by atoms with Gasteiger partial charge in [-0.25, -0.2) is 26.0 Å². The smallest absolute Gasteiger partial charge is 0.262 e. The number of benzene rings is 3. The molecular formula is C20H16F4N2O2S. The van der Waals surface area contributed by atoms with Crippen molar-refractivity contribution < 1.29 is 26.0 Å². The van der Waals surface area contributed by atoms with Crippen molar-refractivity contribution in [1.82, 2.24) is 0 Å². The van der Waals surface area contributed by atoms with E-state index in [9.17, 15) is 26.0 Å². The number of sulfonamides is 1. The van der Waals surface area contributed by atoms with Crippen LogP contribution in [-0.2, 0) is 10.0 Å². The molecule has 0 aliphatic carbocycles. The van der Waals surface area contributed by atoms with E-state index in [1.54, 1.807) is 31.1 Å². The fraction of sp³-hybridized carbons (Fsp3) is 0.100. The van der Waals surface area contributed by atoms with E-state index >= 15 is 0 Å². The Bertz CT molecular complexity index is 1170. The molecule has 0 atom stereocenters. The Balaban J connectivity index is 2.26. The van der Waals surface area contributed by atoms with E-state index < -0.39 is 44.5 Å². The Hall–Kier alpha value is -3.07. The van der Waals surface area contributed by atoms with Crippen molar-refractivity contribution in [1.29, 1.82) is 0 Å². The van der Waals surface area contributed by atoms with Gasteiger partial charge >= 0.3 is 0 Å². The molecule has 0 aromatic heterocycles. The first-order valence-corrected chi connectivity index (χ1v) is 9.83. The summed E-state index contributed by atoms with van der Waals surface area (Å²) < 4.78 is 84.2. The lowest BCUT2D eigenvalue weighted by molar-refractivity contribution is 0.413. The van der Waals surface area contributed by atoms with Gasteiger partial charge in [0.15, 0.2) is 23.3 Å². The second-order valence-corrected chi connectivity index (χ2v) is 8.05. The molecule has 0 heterocycles. The van der Waals surface area contributed by atoms with E-state index in [1.165, 1.54) is 42.5 Å². The molecule has 152 valence electrons. The Kier molecular flexibility index (Phi) is 5.52. The summed E-state index contributed by atoms with van der Waals surface area (Å²) in [4.78, 5) is 1.41. The van der Waals surface area contributed by atoms with Crippen LogP contribution in [-0.4, -0.2) is 22.5 Å². The lowest BCUT2D eigenvalue weighted by Crippen LogP contribution is -2.17. The van der Waals surface area contributed by atoms with Crippen molar-refractivity contribution in [2.45, 2.75) is 4.90 Å². The van der Waals surface area contributed by atoms with Gasteiger partial charge in [0.2, 0.25) is 0 Å². The molecule has 0 saturated heterocycles. The average molecular weight is 424 g/mol. The zero-order valence-electron chi connectivity index (χ0n) is 15.4. The maximum Gasteiger partial charge on any atom is 0.262 e. The third-order valence-corrected chi connectivity index (χ3v) is 5.57. The van der Waals surface area contributed by atoms with Gasteiger partial charge in [0, 0.05) is 25.3 Å². The van der Waals surface area contributed by atoms with Crippen LogP contribution in [0.2, 0.25) is 0 Å². The highest BCUT2D eigenvalue weighted by molar-refractivity contribution is 7.92. The van der Waals surface area contributed by atoms with Crippen LogP contribution >= 0.6 is 0 Å². The molecule has 0 radical (unpaired) electrons. The maximum absolute atomic E-state index is 14.7. The molecule has 3 rings (SSSR count). The van der Waals surface area contributed by atoms with Gasteiger partial charge in [-0.15, -0.1) is 0 Å². The van der Waals surface area contributed by atoms with Crippen molar-refractivity contribution in [3.63, 3.8) is 0 Å². The van der Waals surface area contributed by atoms with Crippen LogP contribution in [0.4, 0.5) is 28.9 Å². The van der Waals surface area contributed by atoms with Crippen LogP contribution in [0.15, 0.2) is 59.5 Å². The van der Waals surface area contributed by atoms with Crippen LogP contribution in [0.25, 0.3) is 11.1 Å². The molecule has 0 saturated carbocycles. The minimum absolute atomic E-state index is 0.0303. The van der Waals surface area contributed by atoms with Gasteiger partial charge in [-0.3, -0.25) is 4.72 Å². The molecule has 0 bridgehead atoms. The average Bonchev–Trinajstić information content (AvgIpc) is 2.71. The molecule has 4 nitrogen and oxygen atoms in total. The zero-order chi connectivity index (χ0) is 21.3. The van der Waals surface area contributed by atoms with Gasteiger partial charge in [-0.05, 0) is 29.8 Å². The fourth-order valence-electron chi connectivity index (χ4n) is 2.73. The van der Waals surface area contributed by atoms with Crippen LogP contribution in [0.1, 0.15) is 0 Å². The molecule has 9 heteroatoms. The molecule has 0 fully saturated rings. The number of anilines is 2. The predicted octanol–water partition coefficient (Wildman–Crippen LogP) is 4.78. The SMILES string of the molecule is CN(C)c1cccc(-c2c(F)c(F)c(F)c(F)c2NS(=O)(=O)c2ccccc2)c1. The third kappa shape index (κ3) is 3.91. The normalized spacial score (nSPS) is 11.4. The largest absolute Gasteiger partial charge is 0.378 e. The number of halogens is 4. The summed E-state index contributed by atoms with van der Waals surface area (Å²) in [6, 6.07) is 12.8. The molecule has 0 aliphatic heterocycles. The highest BCUT2D eigenvalue weighted by atomic mass is 32.2. The molecule has 0 aliphatic rings. The van der Waals surface area contributed by atoms with E-state index in [1.807, 2.05) is 4.72 Å². The van der Waals surface area contributed by atoms with Crippen molar-refractivity contribution in [3.8, 4) is 11.1 Å². The monoisotopic (exact) mass is 424 g/mol. The van der Waals surface area contributed by atoms with Gasteiger partial charge in [0.05, 0.1) is 10.6 Å². The van der Waals surface area contributed by atoms with E-state index in [-0.39, 0.29) is 10.5 Å². The van der Waals surface area contributed by atoms with Gasteiger partial charge in [0.25, 0.3) is 10.0 Å². The Morgan fingerprint density at radius 2 is 1.41 bits per heavy atom. The molecule has 29 heavy (non-hydrogen) atoms. The number of rotatable bonds is 5. The van der Waals surface area contributed by atoms with Crippen LogP contribution in [0, 0.1) is 23.3 Å². The fourth-order valence-corrected chi connectivity index (χ4v) is 3.82. The summed E-state index contributed by atoms with van der Waals surface area (Å²) in [7, 11) is -1.01. The first-order chi connectivity index (χ1) is 13.6. The van der Waals surface area contributed by atoms with E-state index in [0.717, 1.165) is 0 Å². The molecule has 3 aromatic carbocycles. The molecule has 3 aromatic rings. The molecule has 0 spiro atoms. The number of nitrogens with one attached hydrogen (secondary N) is 1. The highest BCUT2D eigenvalue weighted by Crippen LogP contribution is 2.38. The summed E-state index contributed by atoms with van der Waals surface area (Å²) in [5, 5.41) is 0. The van der Waals surface area contributed by atoms with Crippen LogP contribution in [0.5, 0.6) is 0 Å². The molecule has 0 amide bonds.